The zero-order valence-electron chi connectivity index (χ0n) is 18.3. The summed E-state index contributed by atoms with van der Waals surface area (Å²) in [5, 5.41) is 22.4. The number of nitrogens with zero attached hydrogens (tertiary/aromatic N) is 6. The average Bonchev–Trinajstić information content (AvgIpc) is 2.85. The van der Waals surface area contributed by atoms with Crippen LogP contribution >= 0.6 is 0 Å². The quantitative estimate of drug-likeness (QED) is 0.339. The largest absolute Gasteiger partial charge is 0.351 e. The topological polar surface area (TPSA) is 88.3 Å². The molecule has 4 aromatic rings. The third kappa shape index (κ3) is 4.19. The molecule has 0 spiro atoms. The fraction of sp³-hybridized carbons (Fsp3) is 0.240. The van der Waals surface area contributed by atoms with Gasteiger partial charge in [-0.15, -0.1) is 5.10 Å². The highest BCUT2D eigenvalue weighted by molar-refractivity contribution is 5.93. The summed E-state index contributed by atoms with van der Waals surface area (Å²) in [7, 11) is 0. The van der Waals surface area contributed by atoms with E-state index in [1.54, 1.807) is 6.07 Å². The zero-order valence-corrected chi connectivity index (χ0v) is 18.3. The van der Waals surface area contributed by atoms with Crippen molar-refractivity contribution in [3.05, 3.63) is 94.3 Å². The zero-order chi connectivity index (χ0) is 22.8. The molecule has 0 amide bonds. The number of anilines is 2. The van der Waals surface area contributed by atoms with E-state index in [4.69, 9.17) is 0 Å². The second kappa shape index (κ2) is 8.82. The van der Waals surface area contributed by atoms with Gasteiger partial charge in [-0.1, -0.05) is 54.6 Å². The van der Waals surface area contributed by atoms with Gasteiger partial charge in [0.2, 0.25) is 0 Å². The predicted octanol–water partition coefficient (Wildman–Crippen LogP) is 4.24. The lowest BCUT2D eigenvalue weighted by Gasteiger charge is -2.41. The van der Waals surface area contributed by atoms with Crippen molar-refractivity contribution >= 4 is 28.1 Å². The number of aromatic nitrogens is 3. The van der Waals surface area contributed by atoms with Crippen molar-refractivity contribution in [3.8, 4) is 0 Å². The minimum atomic E-state index is -0.427. The molecule has 2 aromatic heterocycles. The lowest BCUT2D eigenvalue weighted by Crippen LogP contribution is -2.52. The Hall–Kier alpha value is -4.07. The summed E-state index contributed by atoms with van der Waals surface area (Å²) in [5.74, 6) is 1.65. The first-order chi connectivity index (χ1) is 16.1. The Morgan fingerprint density at radius 1 is 0.970 bits per heavy atom. The van der Waals surface area contributed by atoms with E-state index >= 15 is 0 Å². The van der Waals surface area contributed by atoms with Crippen LogP contribution in [0.15, 0.2) is 72.9 Å². The predicted molar refractivity (Wildman–Crippen MR) is 129 cm³/mol. The van der Waals surface area contributed by atoms with Crippen molar-refractivity contribution in [2.24, 2.45) is 0 Å². The number of pyridine rings is 1. The van der Waals surface area contributed by atoms with E-state index in [-0.39, 0.29) is 11.7 Å². The van der Waals surface area contributed by atoms with Crippen LogP contribution in [0.4, 0.5) is 17.3 Å². The molecule has 33 heavy (non-hydrogen) atoms. The maximum Gasteiger partial charge on any atom is 0.287 e. The van der Waals surface area contributed by atoms with Gasteiger partial charge in [0.05, 0.1) is 10.6 Å². The third-order valence-electron chi connectivity index (χ3n) is 6.12. The van der Waals surface area contributed by atoms with E-state index in [1.807, 2.05) is 30.3 Å². The van der Waals surface area contributed by atoms with Gasteiger partial charge in [0, 0.05) is 48.9 Å². The highest BCUT2D eigenvalue weighted by Gasteiger charge is 2.27. The summed E-state index contributed by atoms with van der Waals surface area (Å²) in [5.41, 5.74) is 2.19. The van der Waals surface area contributed by atoms with Crippen molar-refractivity contribution in [3.63, 3.8) is 0 Å². The number of piperazine rings is 1. The molecule has 0 aliphatic carbocycles. The first-order valence-electron chi connectivity index (χ1n) is 11.0. The van der Waals surface area contributed by atoms with E-state index in [2.05, 4.69) is 56.2 Å². The van der Waals surface area contributed by atoms with E-state index in [1.165, 1.54) is 17.8 Å². The summed E-state index contributed by atoms with van der Waals surface area (Å²) >= 11 is 0. The Bertz CT molecular complexity index is 1280. The Labute approximate surface area is 191 Å². The SMILES string of the molecule is C[C@@H]1CN(c2nnc(Cc3ccccc3)c3ccccc23)CCN1c1ccc([N+](=O)[O-])cn1. The highest BCUT2D eigenvalue weighted by Crippen LogP contribution is 2.29. The van der Waals surface area contributed by atoms with Gasteiger partial charge in [0.1, 0.15) is 12.0 Å². The Kier molecular flexibility index (Phi) is 5.56. The van der Waals surface area contributed by atoms with Gasteiger partial charge in [-0.2, -0.15) is 5.10 Å². The van der Waals surface area contributed by atoms with Crippen LogP contribution in [-0.2, 0) is 6.42 Å². The van der Waals surface area contributed by atoms with Crippen molar-refractivity contribution < 1.29 is 4.92 Å². The Balaban J connectivity index is 1.39. The van der Waals surface area contributed by atoms with Crippen LogP contribution in [0.5, 0.6) is 0 Å². The van der Waals surface area contributed by atoms with Gasteiger partial charge < -0.3 is 9.80 Å². The molecule has 1 saturated heterocycles. The summed E-state index contributed by atoms with van der Waals surface area (Å²) in [6.07, 6.45) is 2.06. The van der Waals surface area contributed by atoms with Gasteiger partial charge in [-0.25, -0.2) is 4.98 Å². The van der Waals surface area contributed by atoms with Crippen LogP contribution in [-0.4, -0.2) is 45.8 Å². The second-order valence-corrected chi connectivity index (χ2v) is 8.30. The molecule has 0 N–H and O–H groups in total. The van der Waals surface area contributed by atoms with Crippen LogP contribution in [0, 0.1) is 10.1 Å². The number of nitro groups is 1. The molecule has 3 heterocycles. The minimum absolute atomic E-state index is 0.00220. The maximum absolute atomic E-state index is 10.9. The van der Waals surface area contributed by atoms with Gasteiger partial charge in [-0.3, -0.25) is 10.1 Å². The van der Waals surface area contributed by atoms with Crippen LogP contribution in [0.3, 0.4) is 0 Å². The molecule has 0 unspecified atom stereocenters. The molecule has 1 fully saturated rings. The molecule has 5 rings (SSSR count). The highest BCUT2D eigenvalue weighted by atomic mass is 16.6. The van der Waals surface area contributed by atoms with Gasteiger partial charge in [0.25, 0.3) is 5.69 Å². The molecular formula is C25H24N6O2. The Morgan fingerprint density at radius 3 is 2.42 bits per heavy atom. The number of rotatable bonds is 5. The normalized spacial score (nSPS) is 16.2. The summed E-state index contributed by atoms with van der Waals surface area (Å²) < 4.78 is 0. The summed E-state index contributed by atoms with van der Waals surface area (Å²) in [4.78, 5) is 19.3. The van der Waals surface area contributed by atoms with Crippen molar-refractivity contribution in [1.29, 1.82) is 0 Å². The average molecular weight is 441 g/mol. The smallest absolute Gasteiger partial charge is 0.287 e. The lowest BCUT2D eigenvalue weighted by molar-refractivity contribution is -0.385. The fourth-order valence-corrected chi connectivity index (χ4v) is 4.45. The van der Waals surface area contributed by atoms with Crippen molar-refractivity contribution in [1.82, 2.24) is 15.2 Å². The molecule has 0 radical (unpaired) electrons. The number of hydrogen-bond donors (Lipinski definition) is 0. The molecule has 1 aliphatic heterocycles. The summed E-state index contributed by atoms with van der Waals surface area (Å²) in [6.45, 7) is 4.40. The molecule has 0 saturated carbocycles. The van der Waals surface area contributed by atoms with E-state index < -0.39 is 4.92 Å². The second-order valence-electron chi connectivity index (χ2n) is 8.30. The van der Waals surface area contributed by atoms with Crippen molar-refractivity contribution in [2.45, 2.75) is 19.4 Å². The molecule has 1 aliphatic rings. The van der Waals surface area contributed by atoms with Gasteiger partial charge in [-0.05, 0) is 18.6 Å². The van der Waals surface area contributed by atoms with Crippen LogP contribution in [0.25, 0.3) is 10.8 Å². The maximum atomic E-state index is 10.9. The Morgan fingerprint density at radius 2 is 1.73 bits per heavy atom. The molecule has 8 nitrogen and oxygen atoms in total. The lowest BCUT2D eigenvalue weighted by atomic mass is 10.0. The van der Waals surface area contributed by atoms with Gasteiger partial charge in [0.15, 0.2) is 5.82 Å². The number of benzene rings is 2. The van der Waals surface area contributed by atoms with Crippen LogP contribution in [0.2, 0.25) is 0 Å². The van der Waals surface area contributed by atoms with E-state index in [9.17, 15) is 10.1 Å². The van der Waals surface area contributed by atoms with Crippen molar-refractivity contribution in [2.75, 3.05) is 29.4 Å². The number of fused-ring (bicyclic) bond motifs is 1. The van der Waals surface area contributed by atoms with Gasteiger partial charge >= 0.3 is 0 Å². The fourth-order valence-electron chi connectivity index (χ4n) is 4.45. The van der Waals surface area contributed by atoms with Crippen LogP contribution < -0.4 is 9.80 Å². The minimum Gasteiger partial charge on any atom is -0.351 e. The first-order valence-corrected chi connectivity index (χ1v) is 11.0. The molecule has 8 heteroatoms. The first kappa shape index (κ1) is 20.8. The molecule has 166 valence electrons. The standard InChI is InChI=1S/C25H24N6O2/c1-18-17-29(13-14-30(18)24-12-11-20(16-26-24)31(32)33)25-22-10-6-5-9-21(22)23(27-28-25)15-19-7-3-2-4-8-19/h2-12,16,18H,13-15,17H2,1H3/t18-/m1/s1. The molecule has 1 atom stereocenters. The van der Waals surface area contributed by atoms with Crippen LogP contribution in [0.1, 0.15) is 18.2 Å². The third-order valence-corrected chi connectivity index (χ3v) is 6.12. The molecule has 2 aromatic carbocycles. The molecular weight excluding hydrogens is 416 g/mol. The summed E-state index contributed by atoms with van der Waals surface area (Å²) in [6, 6.07) is 22.0. The molecule has 0 bridgehead atoms. The van der Waals surface area contributed by atoms with E-state index in [0.717, 1.165) is 54.2 Å². The van der Waals surface area contributed by atoms with E-state index in [0.29, 0.717) is 0 Å². The monoisotopic (exact) mass is 440 g/mol. The number of hydrogen-bond acceptors (Lipinski definition) is 7.